The van der Waals surface area contributed by atoms with Crippen molar-refractivity contribution in [3.8, 4) is 0 Å². The van der Waals surface area contributed by atoms with Gasteiger partial charge in [0.1, 0.15) is 18.1 Å². The summed E-state index contributed by atoms with van der Waals surface area (Å²) in [5.74, 6) is 2.27. The largest absolute Gasteiger partial charge is 0.411 e. The van der Waals surface area contributed by atoms with Gasteiger partial charge in [-0.2, -0.15) is 4.98 Å². The van der Waals surface area contributed by atoms with Crippen molar-refractivity contribution in [1.82, 2.24) is 9.55 Å². The third kappa shape index (κ3) is 5.68. The van der Waals surface area contributed by atoms with Crippen LogP contribution in [0, 0.1) is 0 Å². The summed E-state index contributed by atoms with van der Waals surface area (Å²) in [4.78, 5) is 16.1. The van der Waals surface area contributed by atoms with Crippen molar-refractivity contribution >= 4 is 53.4 Å². The number of nitrogens with zero attached hydrogens (tertiary/aromatic N) is 2. The van der Waals surface area contributed by atoms with Crippen LogP contribution < -0.4 is 11.4 Å². The molecule has 3 atom stereocenters. The van der Waals surface area contributed by atoms with Gasteiger partial charge in [-0.1, -0.05) is 43.5 Å². The standard InChI is InChI=1S/C17H30N3O4PS3Si/c1-17(2,3)29(4,5)24-12-10-15(20-7-6-14(18)19-16(20)21)23-13(12)11-22-25(26)27-8-9-28-25/h6-7,12-13,15H,8-11H2,1-5H3,(H2,18,19,21)/t12-,13+,15+/m0/s1. The number of anilines is 1. The summed E-state index contributed by atoms with van der Waals surface area (Å²) in [7, 11) is -2.03. The molecule has 29 heavy (non-hydrogen) atoms. The third-order valence-corrected chi connectivity index (χ3v) is 19.9. The van der Waals surface area contributed by atoms with E-state index >= 15 is 0 Å². The van der Waals surface area contributed by atoms with Gasteiger partial charge in [0.05, 0.1) is 12.7 Å². The summed E-state index contributed by atoms with van der Waals surface area (Å²) in [6.45, 7) is 11.5. The van der Waals surface area contributed by atoms with E-state index in [1.165, 1.54) is 4.57 Å². The fourth-order valence-electron chi connectivity index (χ4n) is 2.92. The summed E-state index contributed by atoms with van der Waals surface area (Å²) >= 11 is 9.21. The van der Waals surface area contributed by atoms with Gasteiger partial charge in [0.15, 0.2) is 13.0 Å². The van der Waals surface area contributed by atoms with E-state index in [9.17, 15) is 4.79 Å². The maximum Gasteiger partial charge on any atom is 0.351 e. The van der Waals surface area contributed by atoms with E-state index in [2.05, 4.69) is 38.8 Å². The summed E-state index contributed by atoms with van der Waals surface area (Å²) in [5.41, 5.74) is 5.21. The lowest BCUT2D eigenvalue weighted by Crippen LogP contribution is -2.46. The molecule has 2 N–H and O–H groups in total. The number of hydrogen-bond donors (Lipinski definition) is 1. The summed E-state index contributed by atoms with van der Waals surface area (Å²) in [6.07, 6.45) is 1.30. The molecule has 0 unspecified atom stereocenters. The van der Waals surface area contributed by atoms with Gasteiger partial charge in [-0.3, -0.25) is 4.57 Å². The highest BCUT2D eigenvalue weighted by molar-refractivity contribution is 9.00. The highest BCUT2D eigenvalue weighted by Gasteiger charge is 2.46. The first-order valence-electron chi connectivity index (χ1n) is 9.62. The van der Waals surface area contributed by atoms with Gasteiger partial charge in [0, 0.05) is 24.1 Å². The number of hydrogen-bond acceptors (Lipinski definition) is 9. The Morgan fingerprint density at radius 2 is 2.07 bits per heavy atom. The van der Waals surface area contributed by atoms with Crippen LogP contribution in [0.2, 0.25) is 18.1 Å². The molecule has 12 heteroatoms. The Hall–Kier alpha value is 0.127. The maximum atomic E-state index is 12.3. The Bertz CT molecular complexity index is 838. The summed E-state index contributed by atoms with van der Waals surface area (Å²) in [6, 6.07) is 1.61. The molecule has 1 aromatic heterocycles. The fourth-order valence-corrected chi connectivity index (χ4v) is 13.1. The van der Waals surface area contributed by atoms with Crippen LogP contribution in [-0.2, 0) is 25.5 Å². The average Bonchev–Trinajstić information content (AvgIpc) is 3.19. The van der Waals surface area contributed by atoms with Crippen LogP contribution in [0.15, 0.2) is 17.1 Å². The normalized spacial score (nSPS) is 27.4. The van der Waals surface area contributed by atoms with E-state index in [-0.39, 0.29) is 23.1 Å². The van der Waals surface area contributed by atoms with Gasteiger partial charge >= 0.3 is 5.69 Å². The molecule has 0 bridgehead atoms. The lowest BCUT2D eigenvalue weighted by atomic mass is 10.2. The predicted octanol–water partition coefficient (Wildman–Crippen LogP) is 4.22. The minimum absolute atomic E-state index is 0.0689. The molecule has 3 heterocycles. The fraction of sp³-hybridized carbons (Fsp3) is 0.765. The Morgan fingerprint density at radius 3 is 2.66 bits per heavy atom. The van der Waals surface area contributed by atoms with Crippen LogP contribution >= 0.6 is 27.4 Å². The van der Waals surface area contributed by atoms with E-state index in [4.69, 9.17) is 31.2 Å². The molecule has 0 aliphatic carbocycles. The SMILES string of the molecule is CC(C)(C)[Si](C)(C)O[C@H]1C[C@H](n2ccc(N)nc2=O)O[C@@H]1COP1(=S)SCCS1. The zero-order valence-corrected chi connectivity index (χ0v) is 21.8. The number of nitrogens with two attached hydrogens (primary N) is 1. The number of rotatable bonds is 6. The Kier molecular flexibility index (Phi) is 7.33. The first-order chi connectivity index (χ1) is 13.4. The zero-order chi connectivity index (χ0) is 21.4. The lowest BCUT2D eigenvalue weighted by Gasteiger charge is -2.39. The molecule has 0 aromatic carbocycles. The Balaban J connectivity index is 1.79. The molecular formula is C17H30N3O4PS3Si. The van der Waals surface area contributed by atoms with Gasteiger partial charge < -0.3 is 19.4 Å². The molecule has 0 saturated carbocycles. The third-order valence-electron chi connectivity index (χ3n) is 5.57. The van der Waals surface area contributed by atoms with E-state index in [0.29, 0.717) is 13.0 Å². The second-order valence-electron chi connectivity index (χ2n) is 8.73. The van der Waals surface area contributed by atoms with Crippen molar-refractivity contribution in [2.75, 3.05) is 23.8 Å². The second kappa shape index (κ2) is 8.94. The summed E-state index contributed by atoms with van der Waals surface area (Å²) < 4.78 is 18.7. The number of aromatic nitrogens is 2. The van der Waals surface area contributed by atoms with Gasteiger partial charge in [0.2, 0.25) is 0 Å². The molecule has 0 amide bonds. The van der Waals surface area contributed by atoms with E-state index < -0.39 is 24.9 Å². The molecule has 164 valence electrons. The first-order valence-corrected chi connectivity index (χ1v) is 18.4. The minimum Gasteiger partial charge on any atom is -0.411 e. The van der Waals surface area contributed by atoms with Gasteiger partial charge in [-0.15, -0.1) is 0 Å². The minimum atomic E-state index is -2.03. The van der Waals surface area contributed by atoms with Crippen LogP contribution in [0.4, 0.5) is 5.82 Å². The van der Waals surface area contributed by atoms with Crippen molar-refractivity contribution in [3.05, 3.63) is 22.7 Å². The number of ether oxygens (including phenoxy) is 1. The highest BCUT2D eigenvalue weighted by atomic mass is 33.2. The molecule has 2 aliphatic heterocycles. The molecule has 2 fully saturated rings. The van der Waals surface area contributed by atoms with Gasteiger partial charge in [0.25, 0.3) is 0 Å². The molecule has 2 saturated heterocycles. The zero-order valence-electron chi connectivity index (χ0n) is 17.5. The molecule has 3 rings (SSSR count). The second-order valence-corrected chi connectivity index (χ2v) is 24.2. The van der Waals surface area contributed by atoms with Crippen molar-refractivity contribution in [2.24, 2.45) is 0 Å². The van der Waals surface area contributed by atoms with Crippen LogP contribution in [0.1, 0.15) is 33.4 Å². The molecule has 2 aliphatic rings. The van der Waals surface area contributed by atoms with Crippen molar-refractivity contribution in [2.45, 2.75) is 63.8 Å². The molecule has 7 nitrogen and oxygen atoms in total. The van der Waals surface area contributed by atoms with Gasteiger partial charge in [-0.05, 0) is 36.0 Å². The average molecular weight is 496 g/mol. The van der Waals surface area contributed by atoms with Crippen LogP contribution in [0.5, 0.6) is 0 Å². The summed E-state index contributed by atoms with van der Waals surface area (Å²) in [5, 5.41) is 0.0689. The highest BCUT2D eigenvalue weighted by Crippen LogP contribution is 2.74. The van der Waals surface area contributed by atoms with Crippen LogP contribution in [0.25, 0.3) is 0 Å². The smallest absolute Gasteiger partial charge is 0.351 e. The molecule has 0 spiro atoms. The first kappa shape index (κ1) is 23.8. The Labute approximate surface area is 186 Å². The number of nitrogen functional groups attached to an aromatic ring is 1. The monoisotopic (exact) mass is 495 g/mol. The van der Waals surface area contributed by atoms with E-state index in [0.717, 1.165) is 11.5 Å². The Morgan fingerprint density at radius 1 is 1.41 bits per heavy atom. The molecular weight excluding hydrogens is 465 g/mol. The van der Waals surface area contributed by atoms with E-state index in [1.807, 2.05) is 0 Å². The predicted molar refractivity (Wildman–Crippen MR) is 129 cm³/mol. The van der Waals surface area contributed by atoms with E-state index in [1.54, 1.807) is 35.0 Å². The van der Waals surface area contributed by atoms with Crippen LogP contribution in [-0.4, -0.2) is 48.2 Å². The lowest BCUT2D eigenvalue weighted by molar-refractivity contribution is -0.0365. The van der Waals surface area contributed by atoms with Crippen molar-refractivity contribution in [1.29, 1.82) is 0 Å². The van der Waals surface area contributed by atoms with Crippen molar-refractivity contribution in [3.63, 3.8) is 0 Å². The topological polar surface area (TPSA) is 88.6 Å². The molecule has 0 radical (unpaired) electrons. The molecule has 1 aromatic rings. The van der Waals surface area contributed by atoms with Gasteiger partial charge in [-0.25, -0.2) is 4.79 Å². The van der Waals surface area contributed by atoms with Crippen LogP contribution in [0.3, 0.4) is 0 Å². The quantitative estimate of drug-likeness (QED) is 0.460. The maximum absolute atomic E-state index is 12.3. The van der Waals surface area contributed by atoms with Crippen molar-refractivity contribution < 1.29 is 13.7 Å².